The second-order valence-corrected chi connectivity index (χ2v) is 10.4. The quantitative estimate of drug-likeness (QED) is 0.249. The van der Waals surface area contributed by atoms with E-state index in [4.69, 9.17) is 9.47 Å². The lowest BCUT2D eigenvalue weighted by atomic mass is 9.82. The predicted molar refractivity (Wildman–Crippen MR) is 141 cm³/mol. The second-order valence-electron chi connectivity index (χ2n) is 8.08. The first-order chi connectivity index (χ1) is 16.8. The fourth-order valence-corrected chi connectivity index (χ4v) is 6.14. The minimum atomic E-state index is -0.0712. The maximum Gasteiger partial charge on any atom is 0.108 e. The molecule has 2 nitrogen and oxygen atoms in total. The van der Waals surface area contributed by atoms with E-state index < -0.39 is 0 Å². The molecule has 4 aromatic rings. The third-order valence-electron chi connectivity index (χ3n) is 5.89. The zero-order valence-electron chi connectivity index (χ0n) is 19.4. The predicted octanol–water partition coefficient (Wildman–Crippen LogP) is 8.55. The van der Waals surface area contributed by atoms with Gasteiger partial charge in [-0.15, -0.1) is 0 Å². The van der Waals surface area contributed by atoms with E-state index in [-0.39, 0.29) is 12.2 Å². The summed E-state index contributed by atoms with van der Waals surface area (Å²) in [6.07, 6.45) is -0.126. The van der Waals surface area contributed by atoms with Crippen molar-refractivity contribution >= 4 is 23.5 Å². The van der Waals surface area contributed by atoms with E-state index in [0.717, 1.165) is 0 Å². The van der Waals surface area contributed by atoms with Crippen LogP contribution in [0.15, 0.2) is 117 Å². The molecule has 1 aliphatic carbocycles. The number of hydrogen-bond acceptors (Lipinski definition) is 4. The minimum Gasteiger partial charge on any atom is -0.369 e. The second kappa shape index (κ2) is 10.8. The molecule has 0 radical (unpaired) electrons. The lowest BCUT2D eigenvalue weighted by Crippen LogP contribution is -2.22. The lowest BCUT2D eigenvalue weighted by molar-refractivity contribution is 0.0584. The van der Waals surface area contributed by atoms with Gasteiger partial charge in [-0.2, -0.15) is 0 Å². The molecule has 0 saturated carbocycles. The summed E-state index contributed by atoms with van der Waals surface area (Å²) >= 11 is 3.57. The maximum absolute atomic E-state index is 6.27. The van der Waals surface area contributed by atoms with Gasteiger partial charge in [0, 0.05) is 32.8 Å². The molecular formula is C30H28O2S2. The Morgan fingerprint density at radius 3 is 1.53 bits per heavy atom. The highest BCUT2D eigenvalue weighted by atomic mass is 32.2. The van der Waals surface area contributed by atoms with Crippen LogP contribution in [0.25, 0.3) is 0 Å². The molecular weight excluding hydrogens is 456 g/mol. The molecule has 4 aromatic carbocycles. The smallest absolute Gasteiger partial charge is 0.108 e. The summed E-state index contributed by atoms with van der Waals surface area (Å²) in [5, 5.41) is 0. The van der Waals surface area contributed by atoms with Crippen LogP contribution in [-0.4, -0.2) is 13.2 Å². The maximum atomic E-state index is 6.27. The van der Waals surface area contributed by atoms with E-state index in [1.165, 1.54) is 41.8 Å². The van der Waals surface area contributed by atoms with E-state index in [9.17, 15) is 0 Å². The van der Waals surface area contributed by atoms with Gasteiger partial charge in [-0.3, -0.25) is 0 Å². The monoisotopic (exact) mass is 484 g/mol. The van der Waals surface area contributed by atoms with Gasteiger partial charge in [0.1, 0.15) is 12.2 Å². The summed E-state index contributed by atoms with van der Waals surface area (Å²) in [5.74, 6) is 0. The summed E-state index contributed by atoms with van der Waals surface area (Å²) in [6.45, 7) is 5.45. The summed E-state index contributed by atoms with van der Waals surface area (Å²) in [6, 6.07) is 34.5. The van der Waals surface area contributed by atoms with Crippen LogP contribution in [-0.2, 0) is 9.47 Å². The van der Waals surface area contributed by atoms with Crippen LogP contribution in [0.1, 0.15) is 48.3 Å². The van der Waals surface area contributed by atoms with E-state index >= 15 is 0 Å². The Bertz CT molecular complexity index is 1240. The van der Waals surface area contributed by atoms with Crippen molar-refractivity contribution in [3.05, 3.63) is 119 Å². The van der Waals surface area contributed by atoms with Gasteiger partial charge in [0.25, 0.3) is 0 Å². The van der Waals surface area contributed by atoms with E-state index in [2.05, 4.69) is 105 Å². The van der Waals surface area contributed by atoms with Gasteiger partial charge in [-0.05, 0) is 84.6 Å². The van der Waals surface area contributed by atoms with Crippen molar-refractivity contribution in [1.29, 1.82) is 0 Å². The van der Waals surface area contributed by atoms with Crippen molar-refractivity contribution in [3.8, 4) is 0 Å². The molecule has 5 rings (SSSR count). The van der Waals surface area contributed by atoms with E-state index in [0.29, 0.717) is 13.2 Å². The number of benzene rings is 4. The van der Waals surface area contributed by atoms with Crippen LogP contribution in [0.2, 0.25) is 0 Å². The molecule has 0 heterocycles. The molecule has 0 saturated heterocycles. The first-order valence-electron chi connectivity index (χ1n) is 11.7. The lowest BCUT2D eigenvalue weighted by Gasteiger charge is -2.34. The largest absolute Gasteiger partial charge is 0.369 e. The van der Waals surface area contributed by atoms with E-state index in [1.54, 1.807) is 23.5 Å². The third kappa shape index (κ3) is 4.96. The standard InChI is InChI=1S/C30H28O2S2/c1-3-31-29-25-12-8-9-13-26(25)30(32-4-2)28-20-24(18-19-27(28)29)34-23-16-14-22(15-17-23)33-21-10-6-5-7-11-21/h5-20,29-30H,3-4H2,1-2H3. The van der Waals surface area contributed by atoms with Gasteiger partial charge < -0.3 is 9.47 Å². The summed E-state index contributed by atoms with van der Waals surface area (Å²) in [7, 11) is 0. The average Bonchev–Trinajstić information content (AvgIpc) is 2.88. The van der Waals surface area contributed by atoms with Gasteiger partial charge in [-0.25, -0.2) is 0 Å². The molecule has 172 valence electrons. The van der Waals surface area contributed by atoms with Crippen molar-refractivity contribution in [1.82, 2.24) is 0 Å². The average molecular weight is 485 g/mol. The van der Waals surface area contributed by atoms with Crippen LogP contribution >= 0.6 is 23.5 Å². The molecule has 34 heavy (non-hydrogen) atoms. The molecule has 4 heteroatoms. The van der Waals surface area contributed by atoms with Gasteiger partial charge in [-0.1, -0.05) is 72.1 Å². The number of ether oxygens (including phenoxy) is 2. The van der Waals surface area contributed by atoms with Crippen LogP contribution in [0.5, 0.6) is 0 Å². The Morgan fingerprint density at radius 2 is 0.941 bits per heavy atom. The number of fused-ring (bicyclic) bond motifs is 2. The first-order valence-corrected chi connectivity index (χ1v) is 13.4. The highest BCUT2D eigenvalue weighted by Gasteiger charge is 2.33. The van der Waals surface area contributed by atoms with Crippen molar-refractivity contribution in [3.63, 3.8) is 0 Å². The zero-order chi connectivity index (χ0) is 23.3. The highest BCUT2D eigenvalue weighted by Crippen LogP contribution is 2.46. The van der Waals surface area contributed by atoms with Crippen molar-refractivity contribution < 1.29 is 9.47 Å². The molecule has 0 spiro atoms. The van der Waals surface area contributed by atoms with Gasteiger partial charge in [0.15, 0.2) is 0 Å². The van der Waals surface area contributed by atoms with Crippen LogP contribution in [0.4, 0.5) is 0 Å². The normalized spacial score (nSPS) is 16.6. The summed E-state index contributed by atoms with van der Waals surface area (Å²) in [5.41, 5.74) is 4.83. The molecule has 0 N–H and O–H groups in total. The Labute approximate surface area is 210 Å². The van der Waals surface area contributed by atoms with Crippen LogP contribution in [0, 0.1) is 0 Å². The fraction of sp³-hybridized carbons (Fsp3) is 0.200. The third-order valence-corrected chi connectivity index (χ3v) is 7.90. The summed E-state index contributed by atoms with van der Waals surface area (Å²) < 4.78 is 12.5. The fourth-order valence-electron chi connectivity index (χ4n) is 4.43. The molecule has 0 aromatic heterocycles. The van der Waals surface area contributed by atoms with Gasteiger partial charge >= 0.3 is 0 Å². The number of hydrogen-bond donors (Lipinski definition) is 0. The Balaban J connectivity index is 1.41. The van der Waals surface area contributed by atoms with Crippen LogP contribution in [0.3, 0.4) is 0 Å². The van der Waals surface area contributed by atoms with Crippen molar-refractivity contribution in [2.75, 3.05) is 13.2 Å². The van der Waals surface area contributed by atoms with Gasteiger partial charge in [0.05, 0.1) is 0 Å². The molecule has 2 unspecified atom stereocenters. The van der Waals surface area contributed by atoms with Crippen LogP contribution < -0.4 is 0 Å². The zero-order valence-corrected chi connectivity index (χ0v) is 21.1. The van der Waals surface area contributed by atoms with Crippen molar-refractivity contribution in [2.24, 2.45) is 0 Å². The molecule has 0 amide bonds. The highest BCUT2D eigenvalue weighted by molar-refractivity contribution is 7.99. The molecule has 2 atom stereocenters. The molecule has 0 aliphatic heterocycles. The Kier molecular flexibility index (Phi) is 7.41. The topological polar surface area (TPSA) is 18.5 Å². The van der Waals surface area contributed by atoms with E-state index in [1.807, 2.05) is 6.07 Å². The molecule has 0 bridgehead atoms. The molecule has 1 aliphatic rings. The first kappa shape index (κ1) is 23.3. The summed E-state index contributed by atoms with van der Waals surface area (Å²) in [4.78, 5) is 4.93. The SMILES string of the molecule is CCOC1c2ccccc2C(OCC)c2cc(Sc3ccc(Sc4ccccc4)cc3)ccc21. The number of rotatable bonds is 8. The Hall–Kier alpha value is -2.50. The van der Waals surface area contributed by atoms with Gasteiger partial charge in [0.2, 0.25) is 0 Å². The van der Waals surface area contributed by atoms with Crippen molar-refractivity contribution in [2.45, 2.75) is 45.6 Å². The Morgan fingerprint density at radius 1 is 0.500 bits per heavy atom. The molecule has 0 fully saturated rings. The minimum absolute atomic E-state index is 0.0544.